The molecule has 0 saturated carbocycles. The van der Waals surface area contributed by atoms with Crippen LogP contribution in [0.25, 0.3) is 11.1 Å². The second-order valence-corrected chi connectivity index (χ2v) is 7.07. The molecular weight excluding hydrogens is 429 g/mol. The molecule has 32 heavy (non-hydrogen) atoms. The van der Waals surface area contributed by atoms with Crippen molar-refractivity contribution in [2.24, 2.45) is 0 Å². The largest absolute Gasteiger partial charge is 0.507 e. The standard InChI is InChI=1S/C20H17F3N6O3/c1-11-6-12(8-14(7-11)27-17-24-4-2-15(28-17)20(21,22)23)13-9-25-18(26-10-13)29-5-3-16(29)32-19(30)31/h2,4,6-10,16H,3,5H2,1H3,(H,30,31)(H,24,27,28). The molecule has 2 N–H and O–H groups in total. The highest BCUT2D eigenvalue weighted by molar-refractivity contribution is 5.70. The maximum absolute atomic E-state index is 12.9. The number of anilines is 3. The summed E-state index contributed by atoms with van der Waals surface area (Å²) >= 11 is 0. The highest BCUT2D eigenvalue weighted by Crippen LogP contribution is 2.30. The number of hydrogen-bond donors (Lipinski definition) is 2. The van der Waals surface area contributed by atoms with Crippen LogP contribution in [0.1, 0.15) is 17.7 Å². The van der Waals surface area contributed by atoms with Crippen molar-refractivity contribution in [3.8, 4) is 11.1 Å². The fraction of sp³-hybridized carbons (Fsp3) is 0.250. The van der Waals surface area contributed by atoms with E-state index in [0.717, 1.165) is 23.4 Å². The minimum absolute atomic E-state index is 0.176. The maximum Gasteiger partial charge on any atom is 0.507 e. The molecule has 0 aliphatic carbocycles. The Bertz CT molecular complexity index is 1140. The van der Waals surface area contributed by atoms with E-state index in [9.17, 15) is 18.0 Å². The number of nitrogens with zero attached hydrogens (tertiary/aromatic N) is 5. The average Bonchev–Trinajstić information content (AvgIpc) is 2.71. The van der Waals surface area contributed by atoms with Crippen molar-refractivity contribution >= 4 is 23.7 Å². The molecule has 166 valence electrons. The van der Waals surface area contributed by atoms with Crippen molar-refractivity contribution in [1.82, 2.24) is 19.9 Å². The minimum Gasteiger partial charge on any atom is -0.450 e. The molecule has 1 saturated heterocycles. The molecule has 4 rings (SSSR count). The Kier molecular flexibility index (Phi) is 5.51. The first-order chi connectivity index (χ1) is 15.2. The van der Waals surface area contributed by atoms with Gasteiger partial charge in [-0.1, -0.05) is 6.07 Å². The fourth-order valence-electron chi connectivity index (χ4n) is 3.18. The maximum atomic E-state index is 12.9. The molecule has 2 aromatic heterocycles. The molecule has 0 radical (unpaired) electrons. The molecule has 1 aliphatic rings. The first-order valence-electron chi connectivity index (χ1n) is 9.46. The average molecular weight is 446 g/mol. The summed E-state index contributed by atoms with van der Waals surface area (Å²) in [5.41, 5.74) is 1.71. The van der Waals surface area contributed by atoms with Gasteiger partial charge in [-0.2, -0.15) is 13.2 Å². The number of halogens is 3. The van der Waals surface area contributed by atoms with Gasteiger partial charge in [-0.05, 0) is 36.2 Å². The lowest BCUT2D eigenvalue weighted by atomic mass is 10.1. The van der Waals surface area contributed by atoms with Crippen LogP contribution in [0.15, 0.2) is 42.9 Å². The number of nitrogens with one attached hydrogen (secondary N) is 1. The van der Waals surface area contributed by atoms with Crippen LogP contribution in [0.3, 0.4) is 0 Å². The number of aryl methyl sites for hydroxylation is 1. The topological polar surface area (TPSA) is 113 Å². The molecule has 9 nitrogen and oxygen atoms in total. The van der Waals surface area contributed by atoms with Crippen LogP contribution in [-0.2, 0) is 10.9 Å². The van der Waals surface area contributed by atoms with Crippen LogP contribution < -0.4 is 10.2 Å². The molecule has 12 heteroatoms. The zero-order valence-electron chi connectivity index (χ0n) is 16.7. The summed E-state index contributed by atoms with van der Waals surface area (Å²) in [6, 6.07) is 6.14. The van der Waals surface area contributed by atoms with Gasteiger partial charge in [0, 0.05) is 42.8 Å². The van der Waals surface area contributed by atoms with Gasteiger partial charge in [0.15, 0.2) is 6.23 Å². The van der Waals surface area contributed by atoms with E-state index in [2.05, 4.69) is 25.3 Å². The van der Waals surface area contributed by atoms with Crippen LogP contribution >= 0.6 is 0 Å². The van der Waals surface area contributed by atoms with Crippen molar-refractivity contribution in [1.29, 1.82) is 0 Å². The molecule has 0 amide bonds. The summed E-state index contributed by atoms with van der Waals surface area (Å²) in [6.07, 6.45) is -1.78. The van der Waals surface area contributed by atoms with Gasteiger partial charge in [0.05, 0.1) is 0 Å². The first-order valence-corrected chi connectivity index (χ1v) is 9.46. The van der Waals surface area contributed by atoms with E-state index in [1.54, 1.807) is 29.4 Å². The summed E-state index contributed by atoms with van der Waals surface area (Å²) < 4.78 is 43.4. The first kappa shape index (κ1) is 21.3. The highest BCUT2D eigenvalue weighted by Gasteiger charge is 2.34. The number of ether oxygens (including phenoxy) is 1. The predicted molar refractivity (Wildman–Crippen MR) is 107 cm³/mol. The van der Waals surface area contributed by atoms with Crippen molar-refractivity contribution in [2.75, 3.05) is 16.8 Å². The zero-order chi connectivity index (χ0) is 22.9. The third-order valence-electron chi connectivity index (χ3n) is 4.71. The number of aromatic nitrogens is 4. The van der Waals surface area contributed by atoms with Gasteiger partial charge in [0.25, 0.3) is 0 Å². The van der Waals surface area contributed by atoms with Gasteiger partial charge in [-0.15, -0.1) is 0 Å². The lowest BCUT2D eigenvalue weighted by Crippen LogP contribution is -2.51. The van der Waals surface area contributed by atoms with E-state index in [-0.39, 0.29) is 5.95 Å². The molecule has 3 aromatic rings. The summed E-state index contributed by atoms with van der Waals surface area (Å²) in [5.74, 6) is 0.167. The molecule has 0 spiro atoms. The van der Waals surface area contributed by atoms with Gasteiger partial charge in [0.2, 0.25) is 11.9 Å². The molecule has 3 heterocycles. The number of alkyl halides is 3. The zero-order valence-corrected chi connectivity index (χ0v) is 16.7. The molecule has 1 aliphatic heterocycles. The Hall–Kier alpha value is -3.96. The van der Waals surface area contributed by atoms with Crippen LogP contribution in [0.4, 0.5) is 35.5 Å². The van der Waals surface area contributed by atoms with E-state index in [1.165, 1.54) is 0 Å². The second kappa shape index (κ2) is 8.29. The van der Waals surface area contributed by atoms with Crippen LogP contribution in [0.2, 0.25) is 0 Å². The van der Waals surface area contributed by atoms with Crippen LogP contribution in [0.5, 0.6) is 0 Å². The number of benzene rings is 1. The van der Waals surface area contributed by atoms with Crippen LogP contribution in [0, 0.1) is 6.92 Å². The third kappa shape index (κ3) is 4.68. The van der Waals surface area contributed by atoms with E-state index < -0.39 is 24.3 Å². The van der Waals surface area contributed by atoms with Crippen molar-refractivity contribution in [3.05, 3.63) is 54.1 Å². The van der Waals surface area contributed by atoms with E-state index >= 15 is 0 Å². The Morgan fingerprint density at radius 2 is 1.94 bits per heavy atom. The molecule has 1 atom stereocenters. The quantitative estimate of drug-likeness (QED) is 0.556. The number of rotatable bonds is 5. The third-order valence-corrected chi connectivity index (χ3v) is 4.71. The van der Waals surface area contributed by atoms with Crippen molar-refractivity contribution < 1.29 is 27.8 Å². The molecule has 1 unspecified atom stereocenters. The normalized spacial score (nSPS) is 15.8. The monoisotopic (exact) mass is 446 g/mol. The predicted octanol–water partition coefficient (Wildman–Crippen LogP) is 4.24. The molecule has 1 fully saturated rings. The van der Waals surface area contributed by atoms with Crippen LogP contribution in [-0.4, -0.2) is 44.0 Å². The fourth-order valence-corrected chi connectivity index (χ4v) is 3.18. The molecular formula is C20H17F3N6O3. The Balaban J connectivity index is 1.54. The Morgan fingerprint density at radius 3 is 2.56 bits per heavy atom. The van der Waals surface area contributed by atoms with Gasteiger partial charge in [-0.3, -0.25) is 0 Å². The molecule has 0 bridgehead atoms. The van der Waals surface area contributed by atoms with Gasteiger partial charge in [-0.25, -0.2) is 24.7 Å². The van der Waals surface area contributed by atoms with Crippen molar-refractivity contribution in [2.45, 2.75) is 25.7 Å². The summed E-state index contributed by atoms with van der Waals surface area (Å²) in [4.78, 5) is 28.3. The smallest absolute Gasteiger partial charge is 0.450 e. The molecule has 1 aromatic carbocycles. The Labute approximate surface area is 179 Å². The summed E-state index contributed by atoms with van der Waals surface area (Å²) in [6.45, 7) is 2.41. The number of hydrogen-bond acceptors (Lipinski definition) is 8. The van der Waals surface area contributed by atoms with Gasteiger partial charge in [0.1, 0.15) is 5.69 Å². The van der Waals surface area contributed by atoms with Crippen molar-refractivity contribution in [3.63, 3.8) is 0 Å². The van der Waals surface area contributed by atoms with Gasteiger partial charge >= 0.3 is 12.3 Å². The van der Waals surface area contributed by atoms with Gasteiger partial charge < -0.3 is 20.1 Å². The number of carboxylic acid groups (broad SMARTS) is 1. The van der Waals surface area contributed by atoms with E-state index in [4.69, 9.17) is 9.84 Å². The van der Waals surface area contributed by atoms with E-state index in [0.29, 0.717) is 30.2 Å². The second-order valence-electron chi connectivity index (χ2n) is 7.07. The van der Waals surface area contributed by atoms with E-state index in [1.807, 2.05) is 13.0 Å². The highest BCUT2D eigenvalue weighted by atomic mass is 19.4. The minimum atomic E-state index is -4.57. The lowest BCUT2D eigenvalue weighted by molar-refractivity contribution is -0.141. The number of carbonyl (C=O) groups is 1. The summed E-state index contributed by atoms with van der Waals surface area (Å²) in [7, 11) is 0. The SMILES string of the molecule is Cc1cc(Nc2nccc(C(F)(F)F)n2)cc(-c2cnc(N3CCC3OC(=O)O)nc2)c1. The lowest BCUT2D eigenvalue weighted by Gasteiger charge is -2.38. The summed E-state index contributed by atoms with van der Waals surface area (Å²) in [5, 5.41) is 11.6. The Morgan fingerprint density at radius 1 is 1.19 bits per heavy atom.